The number of aryl methyl sites for hydroxylation is 2. The first-order valence-electron chi connectivity index (χ1n) is 5.69. The average Bonchev–Trinajstić information content (AvgIpc) is 3.00. The summed E-state index contributed by atoms with van der Waals surface area (Å²) in [7, 11) is 0. The summed E-state index contributed by atoms with van der Waals surface area (Å²) in [4.78, 5) is 11.0. The van der Waals surface area contributed by atoms with E-state index < -0.39 is 0 Å². The number of aldehydes is 1. The molecule has 0 bridgehead atoms. The maximum Gasteiger partial charge on any atom is 0.185 e. The Bertz CT molecular complexity index is 574. The predicted molar refractivity (Wildman–Crippen MR) is 63.1 cm³/mol. The molecule has 16 heavy (non-hydrogen) atoms. The highest BCUT2D eigenvalue weighted by Crippen LogP contribution is 2.46. The van der Waals surface area contributed by atoms with Crippen LogP contribution >= 0.6 is 0 Å². The van der Waals surface area contributed by atoms with Crippen molar-refractivity contribution in [1.82, 2.24) is 0 Å². The summed E-state index contributed by atoms with van der Waals surface area (Å²) >= 11 is 0. The highest BCUT2D eigenvalue weighted by Gasteiger charge is 2.31. The van der Waals surface area contributed by atoms with Crippen molar-refractivity contribution in [1.29, 1.82) is 0 Å². The first-order valence-corrected chi connectivity index (χ1v) is 5.69. The van der Waals surface area contributed by atoms with Crippen LogP contribution in [0.3, 0.4) is 0 Å². The van der Waals surface area contributed by atoms with Gasteiger partial charge in [-0.05, 0) is 49.8 Å². The largest absolute Gasteiger partial charge is 0.453 e. The Morgan fingerprint density at radius 2 is 2.06 bits per heavy atom. The Morgan fingerprint density at radius 1 is 1.31 bits per heavy atom. The second kappa shape index (κ2) is 3.21. The quantitative estimate of drug-likeness (QED) is 0.713. The van der Waals surface area contributed by atoms with Crippen molar-refractivity contribution in [2.75, 3.05) is 0 Å². The van der Waals surface area contributed by atoms with Gasteiger partial charge < -0.3 is 4.42 Å². The molecule has 0 amide bonds. The van der Waals surface area contributed by atoms with Gasteiger partial charge in [0.25, 0.3) is 0 Å². The maximum atomic E-state index is 11.0. The summed E-state index contributed by atoms with van der Waals surface area (Å²) in [6.07, 6.45) is 3.22. The summed E-state index contributed by atoms with van der Waals surface area (Å²) in [6.45, 7) is 4.11. The molecule has 1 saturated carbocycles. The van der Waals surface area contributed by atoms with Crippen molar-refractivity contribution in [3.8, 4) is 0 Å². The fraction of sp³-hybridized carbons (Fsp3) is 0.357. The Kier molecular flexibility index (Phi) is 1.93. The third-order valence-electron chi connectivity index (χ3n) is 3.28. The molecule has 1 aromatic carbocycles. The van der Waals surface area contributed by atoms with Crippen LogP contribution in [0.25, 0.3) is 11.0 Å². The van der Waals surface area contributed by atoms with Gasteiger partial charge in [0.15, 0.2) is 12.0 Å². The van der Waals surface area contributed by atoms with E-state index >= 15 is 0 Å². The van der Waals surface area contributed by atoms with E-state index in [4.69, 9.17) is 4.42 Å². The molecule has 1 aromatic heterocycles. The van der Waals surface area contributed by atoms with Crippen LogP contribution in [0.1, 0.15) is 46.0 Å². The van der Waals surface area contributed by atoms with Gasteiger partial charge >= 0.3 is 0 Å². The molecule has 2 nitrogen and oxygen atoms in total. The van der Waals surface area contributed by atoms with Crippen molar-refractivity contribution in [3.63, 3.8) is 0 Å². The number of furan rings is 1. The Hall–Kier alpha value is -1.57. The highest BCUT2D eigenvalue weighted by atomic mass is 16.3. The summed E-state index contributed by atoms with van der Waals surface area (Å²) < 4.78 is 5.67. The number of fused-ring (bicyclic) bond motifs is 1. The van der Waals surface area contributed by atoms with E-state index in [1.807, 2.05) is 6.92 Å². The van der Waals surface area contributed by atoms with E-state index in [0.717, 1.165) is 28.4 Å². The van der Waals surface area contributed by atoms with Crippen LogP contribution in [0, 0.1) is 13.8 Å². The number of benzene rings is 1. The SMILES string of the molecule is Cc1cc(C)c2oc(C=O)c(C3CC3)c2c1. The van der Waals surface area contributed by atoms with Crippen molar-refractivity contribution in [2.45, 2.75) is 32.6 Å². The zero-order valence-corrected chi connectivity index (χ0v) is 9.54. The second-order valence-corrected chi connectivity index (χ2v) is 4.73. The molecule has 2 aromatic rings. The lowest BCUT2D eigenvalue weighted by atomic mass is 10.0. The normalized spacial score (nSPS) is 15.6. The smallest absolute Gasteiger partial charge is 0.185 e. The van der Waals surface area contributed by atoms with Gasteiger partial charge in [0, 0.05) is 10.9 Å². The molecule has 3 rings (SSSR count). The molecule has 0 unspecified atom stereocenters. The molecule has 0 N–H and O–H groups in total. The van der Waals surface area contributed by atoms with Gasteiger partial charge in [0.05, 0.1) is 0 Å². The monoisotopic (exact) mass is 214 g/mol. The van der Waals surface area contributed by atoms with E-state index in [0.29, 0.717) is 11.7 Å². The molecule has 82 valence electrons. The Balaban J connectivity index is 2.39. The number of rotatable bonds is 2. The fourth-order valence-electron chi connectivity index (χ4n) is 2.47. The predicted octanol–water partition coefficient (Wildman–Crippen LogP) is 3.74. The molecule has 0 atom stereocenters. The minimum absolute atomic E-state index is 0.534. The van der Waals surface area contributed by atoms with Crippen LogP contribution in [-0.4, -0.2) is 6.29 Å². The van der Waals surface area contributed by atoms with Crippen LogP contribution in [0.2, 0.25) is 0 Å². The number of carbonyl (C=O) groups is 1. The third-order valence-corrected chi connectivity index (χ3v) is 3.28. The number of hydrogen-bond donors (Lipinski definition) is 0. The van der Waals surface area contributed by atoms with E-state index in [9.17, 15) is 4.79 Å². The number of hydrogen-bond acceptors (Lipinski definition) is 2. The van der Waals surface area contributed by atoms with Gasteiger partial charge in [-0.3, -0.25) is 4.79 Å². The number of carbonyl (C=O) groups excluding carboxylic acids is 1. The molecule has 1 fully saturated rings. The molecule has 2 heteroatoms. The minimum atomic E-state index is 0.534. The third kappa shape index (κ3) is 1.29. The van der Waals surface area contributed by atoms with E-state index in [-0.39, 0.29) is 0 Å². The molecule has 0 aliphatic heterocycles. The molecule has 0 radical (unpaired) electrons. The average molecular weight is 214 g/mol. The second-order valence-electron chi connectivity index (χ2n) is 4.73. The molecule has 1 heterocycles. The van der Waals surface area contributed by atoms with Gasteiger partial charge in [-0.1, -0.05) is 6.07 Å². The lowest BCUT2D eigenvalue weighted by molar-refractivity contribution is 0.110. The summed E-state index contributed by atoms with van der Waals surface area (Å²) in [5.41, 5.74) is 4.36. The molecule has 0 saturated heterocycles. The van der Waals surface area contributed by atoms with Gasteiger partial charge in [-0.25, -0.2) is 0 Å². The topological polar surface area (TPSA) is 30.2 Å². The molecular formula is C14H14O2. The molecular weight excluding hydrogens is 200 g/mol. The lowest BCUT2D eigenvalue weighted by Gasteiger charge is -1.99. The van der Waals surface area contributed by atoms with Crippen LogP contribution in [0.15, 0.2) is 16.5 Å². The fourth-order valence-corrected chi connectivity index (χ4v) is 2.47. The molecule has 1 aliphatic carbocycles. The van der Waals surface area contributed by atoms with Gasteiger partial charge in [0.1, 0.15) is 5.58 Å². The van der Waals surface area contributed by atoms with Crippen molar-refractivity contribution in [2.24, 2.45) is 0 Å². The van der Waals surface area contributed by atoms with E-state index in [1.54, 1.807) is 0 Å². The summed E-state index contributed by atoms with van der Waals surface area (Å²) in [5, 5.41) is 1.14. The summed E-state index contributed by atoms with van der Waals surface area (Å²) in [5.74, 6) is 1.08. The Labute approximate surface area is 94.3 Å². The Morgan fingerprint density at radius 3 is 2.69 bits per heavy atom. The van der Waals surface area contributed by atoms with Crippen LogP contribution < -0.4 is 0 Å². The molecule has 1 aliphatic rings. The zero-order chi connectivity index (χ0) is 11.3. The van der Waals surface area contributed by atoms with Gasteiger partial charge in [0.2, 0.25) is 0 Å². The minimum Gasteiger partial charge on any atom is -0.453 e. The van der Waals surface area contributed by atoms with Crippen LogP contribution in [0.4, 0.5) is 0 Å². The molecule has 0 spiro atoms. The van der Waals surface area contributed by atoms with Crippen molar-refractivity contribution in [3.05, 3.63) is 34.6 Å². The highest BCUT2D eigenvalue weighted by molar-refractivity contribution is 5.92. The lowest BCUT2D eigenvalue weighted by Crippen LogP contribution is -1.84. The zero-order valence-electron chi connectivity index (χ0n) is 9.54. The van der Waals surface area contributed by atoms with Crippen LogP contribution in [0.5, 0.6) is 0 Å². The van der Waals surface area contributed by atoms with Gasteiger partial charge in [-0.2, -0.15) is 0 Å². The summed E-state index contributed by atoms with van der Waals surface area (Å²) in [6, 6.07) is 4.23. The first-order chi connectivity index (χ1) is 7.70. The van der Waals surface area contributed by atoms with Gasteiger partial charge in [-0.15, -0.1) is 0 Å². The standard InChI is InChI=1S/C14H14O2/c1-8-5-9(2)14-11(6-8)13(10-3-4-10)12(7-15)16-14/h5-7,10H,3-4H2,1-2H3. The first kappa shape index (κ1) is 9.64. The van der Waals surface area contributed by atoms with E-state index in [2.05, 4.69) is 19.1 Å². The van der Waals surface area contributed by atoms with Crippen molar-refractivity contribution >= 4 is 17.3 Å². The van der Waals surface area contributed by atoms with Crippen LogP contribution in [-0.2, 0) is 0 Å². The van der Waals surface area contributed by atoms with E-state index in [1.165, 1.54) is 18.4 Å². The van der Waals surface area contributed by atoms with Crippen molar-refractivity contribution < 1.29 is 9.21 Å². The maximum absolute atomic E-state index is 11.0.